The Bertz CT molecular complexity index is 737. The molecule has 0 aliphatic heterocycles. The molecule has 0 saturated carbocycles. The number of rotatable bonds is 4. The monoisotopic (exact) mass is 427 g/mol. The van der Waals surface area contributed by atoms with Crippen molar-refractivity contribution >= 4 is 25.1 Å². The number of aromatic nitrogens is 1. The molecule has 0 spiro atoms. The molecule has 2 aromatic rings. The number of hydrogen-bond donors (Lipinski definition) is 0. The predicted molar refractivity (Wildman–Crippen MR) is 83.0 cm³/mol. The molecule has 1 aromatic heterocycles. The van der Waals surface area contributed by atoms with Crippen LogP contribution in [-0.2, 0) is 27.8 Å². The van der Waals surface area contributed by atoms with E-state index in [0.29, 0.717) is 15.0 Å². The van der Waals surface area contributed by atoms with E-state index >= 15 is 0 Å². The van der Waals surface area contributed by atoms with E-state index in [0.717, 1.165) is 0 Å². The van der Waals surface area contributed by atoms with Crippen molar-refractivity contribution in [1.29, 1.82) is 0 Å². The summed E-state index contributed by atoms with van der Waals surface area (Å²) in [6, 6.07) is 17.2. The fourth-order valence-electron chi connectivity index (χ4n) is 1.56. The summed E-state index contributed by atoms with van der Waals surface area (Å²) in [6.45, 7) is 0. The van der Waals surface area contributed by atoms with Crippen LogP contribution in [0.15, 0.2) is 54.7 Å². The van der Waals surface area contributed by atoms with Gasteiger partial charge in [0.05, 0.1) is 0 Å². The Kier molecular flexibility index (Phi) is 7.89. The molecular formula is C15H16F3NO3SSe. The van der Waals surface area contributed by atoms with Crippen LogP contribution >= 0.6 is 0 Å². The van der Waals surface area contributed by atoms with Gasteiger partial charge in [-0.3, -0.25) is 0 Å². The third kappa shape index (κ3) is 7.44. The van der Waals surface area contributed by atoms with E-state index in [2.05, 4.69) is 66.3 Å². The van der Waals surface area contributed by atoms with Crippen LogP contribution in [-0.4, -0.2) is 33.4 Å². The molecule has 0 radical (unpaired) electrons. The predicted octanol–water partition coefficient (Wildman–Crippen LogP) is 1.97. The Labute approximate surface area is 145 Å². The third-order valence-electron chi connectivity index (χ3n) is 2.81. The van der Waals surface area contributed by atoms with Gasteiger partial charge >= 0.3 is 109 Å². The molecule has 0 amide bonds. The summed E-state index contributed by atoms with van der Waals surface area (Å²) in [5.41, 5.74) is -2.76. The maximum absolute atomic E-state index is 10.7. The number of alkyl halides is 3. The molecule has 4 nitrogen and oxygen atoms in total. The van der Waals surface area contributed by atoms with Crippen LogP contribution in [0.25, 0.3) is 0 Å². The van der Waals surface area contributed by atoms with Crippen LogP contribution in [0.4, 0.5) is 13.2 Å². The van der Waals surface area contributed by atoms with Crippen molar-refractivity contribution in [1.82, 2.24) is 0 Å². The van der Waals surface area contributed by atoms with Crippen molar-refractivity contribution in [2.45, 2.75) is 16.1 Å². The first kappa shape index (κ1) is 20.6. The van der Waals surface area contributed by atoms with Crippen molar-refractivity contribution in [3.05, 3.63) is 66.0 Å². The Hall–Kier alpha value is -1.41. The molecule has 0 atom stereocenters. The molecule has 1 aromatic carbocycles. The fraction of sp³-hybridized carbons (Fsp3) is 0.267. The molecule has 2 rings (SSSR count). The van der Waals surface area contributed by atoms with Gasteiger partial charge in [0.15, 0.2) is 10.1 Å². The molecule has 0 fully saturated rings. The molecule has 0 saturated heterocycles. The average Bonchev–Trinajstić information content (AvgIpc) is 2.49. The molecule has 9 heteroatoms. The van der Waals surface area contributed by atoms with Crippen molar-refractivity contribution in [3.63, 3.8) is 0 Å². The van der Waals surface area contributed by atoms with Crippen LogP contribution in [0.5, 0.6) is 0 Å². The van der Waals surface area contributed by atoms with E-state index < -0.39 is 15.6 Å². The van der Waals surface area contributed by atoms with Gasteiger partial charge in [0, 0.05) is 0 Å². The molecule has 1 heterocycles. The van der Waals surface area contributed by atoms with Crippen molar-refractivity contribution in [2.75, 3.05) is 0 Å². The van der Waals surface area contributed by atoms with Gasteiger partial charge in [-0.2, -0.15) is 13.2 Å². The number of hydrogen-bond acceptors (Lipinski definition) is 3. The molecule has 0 bridgehead atoms. The van der Waals surface area contributed by atoms with E-state index in [4.69, 9.17) is 13.0 Å². The topological polar surface area (TPSA) is 61.1 Å². The maximum atomic E-state index is 10.7. The van der Waals surface area contributed by atoms with Gasteiger partial charge in [0.25, 0.3) is 0 Å². The van der Waals surface area contributed by atoms with Crippen molar-refractivity contribution in [3.8, 4) is 0 Å². The third-order valence-corrected chi connectivity index (χ3v) is 5.55. The number of pyridine rings is 1. The van der Waals surface area contributed by atoms with Gasteiger partial charge in [-0.1, -0.05) is 0 Å². The SMILES string of the molecule is C[n+]1ccccc1C[Se]Cc1ccccc1.O=S(=O)([O-])C(F)(F)F. The summed E-state index contributed by atoms with van der Waals surface area (Å²) in [4.78, 5) is 0. The Morgan fingerprint density at radius 1 is 1.04 bits per heavy atom. The minimum Gasteiger partial charge on any atom is -0.741 e. The van der Waals surface area contributed by atoms with E-state index in [-0.39, 0.29) is 0 Å². The Morgan fingerprint density at radius 3 is 2.08 bits per heavy atom. The van der Waals surface area contributed by atoms with Crippen LogP contribution in [0.1, 0.15) is 11.3 Å². The van der Waals surface area contributed by atoms with Gasteiger partial charge in [-0.15, -0.1) is 0 Å². The molecule has 0 aliphatic rings. The van der Waals surface area contributed by atoms with Gasteiger partial charge in [0.2, 0.25) is 0 Å². The van der Waals surface area contributed by atoms with E-state index in [9.17, 15) is 13.2 Å². The second-order valence-corrected chi connectivity index (χ2v) is 8.12. The summed E-state index contributed by atoms with van der Waals surface area (Å²) in [6.07, 6.45) is 2.12. The normalized spacial score (nSPS) is 11.5. The van der Waals surface area contributed by atoms with E-state index in [1.165, 1.54) is 21.9 Å². The summed E-state index contributed by atoms with van der Waals surface area (Å²) < 4.78 is 61.1. The summed E-state index contributed by atoms with van der Waals surface area (Å²) in [7, 11) is -3.97. The first-order valence-corrected chi connectivity index (χ1v) is 10.5. The number of halogens is 3. The quantitative estimate of drug-likeness (QED) is 0.325. The standard InChI is InChI=1S/C14H16NSe.CHF3O3S/c1-15-10-6-5-9-14(15)12-16-11-13-7-3-2-4-8-13;2-1(3,4)8(5,6)7/h2-10H,11-12H2,1H3;(H,5,6,7)/q+1;/p-1. The average molecular weight is 426 g/mol. The molecule has 24 heavy (non-hydrogen) atoms. The van der Waals surface area contributed by atoms with Gasteiger partial charge in [-0.05, 0) is 0 Å². The Morgan fingerprint density at radius 2 is 1.58 bits per heavy atom. The van der Waals surface area contributed by atoms with Gasteiger partial charge < -0.3 is 4.55 Å². The second-order valence-electron chi connectivity index (χ2n) is 4.68. The number of aryl methyl sites for hydroxylation is 1. The minimum absolute atomic E-state index is 0.653. The molecule has 0 unspecified atom stereocenters. The summed E-state index contributed by atoms with van der Waals surface area (Å²) >= 11 is 0.653. The Balaban J connectivity index is 0.000000307. The van der Waals surface area contributed by atoms with Crippen LogP contribution in [0, 0.1) is 0 Å². The summed E-state index contributed by atoms with van der Waals surface area (Å²) in [5, 5.41) is 2.43. The zero-order chi connectivity index (χ0) is 18.2. The summed E-state index contributed by atoms with van der Waals surface area (Å²) in [5.74, 6) is 0. The fourth-order valence-corrected chi connectivity index (χ4v) is 3.74. The van der Waals surface area contributed by atoms with Crippen molar-refractivity contribution < 1.29 is 30.7 Å². The number of benzene rings is 1. The molecule has 0 aliphatic carbocycles. The molecule has 132 valence electrons. The molecule has 0 N–H and O–H groups in total. The second kappa shape index (κ2) is 9.17. The van der Waals surface area contributed by atoms with Gasteiger partial charge in [-0.25, -0.2) is 8.42 Å². The van der Waals surface area contributed by atoms with Crippen molar-refractivity contribution in [2.24, 2.45) is 7.05 Å². The van der Waals surface area contributed by atoms with E-state index in [1.54, 1.807) is 0 Å². The van der Waals surface area contributed by atoms with E-state index in [1.807, 2.05) is 0 Å². The van der Waals surface area contributed by atoms with Crippen LogP contribution in [0.3, 0.4) is 0 Å². The maximum Gasteiger partial charge on any atom is 0.485 e. The zero-order valence-corrected chi connectivity index (χ0v) is 15.3. The van der Waals surface area contributed by atoms with Crippen LogP contribution < -0.4 is 4.57 Å². The minimum atomic E-state index is -6.09. The smallest absolute Gasteiger partial charge is 0.485 e. The largest absolute Gasteiger partial charge is 0.741 e. The number of nitrogens with zero attached hydrogens (tertiary/aromatic N) is 1. The first-order chi connectivity index (χ1) is 11.1. The first-order valence-electron chi connectivity index (χ1n) is 6.68. The zero-order valence-electron chi connectivity index (χ0n) is 12.7. The van der Waals surface area contributed by atoms with Crippen LogP contribution in [0.2, 0.25) is 0 Å². The van der Waals surface area contributed by atoms with Gasteiger partial charge in [0.1, 0.15) is 0 Å². The molecular weight excluding hydrogens is 410 g/mol.